The minimum atomic E-state index is -4.50. The Balaban J connectivity index is 1.88. The lowest BCUT2D eigenvalue weighted by Crippen LogP contribution is -2.30. The molecule has 0 saturated carbocycles. The van der Waals surface area contributed by atoms with Gasteiger partial charge >= 0.3 is 6.18 Å². The molecule has 3 heterocycles. The van der Waals surface area contributed by atoms with Crippen molar-refractivity contribution in [3.8, 4) is 0 Å². The number of nitrogens with zero attached hydrogens (tertiary/aromatic N) is 5. The number of hydrogen-bond donors (Lipinski definition) is 2. The zero-order valence-corrected chi connectivity index (χ0v) is 12.6. The minimum Gasteiger partial charge on any atom is -0.372 e. The fourth-order valence-electron chi connectivity index (χ4n) is 2.44. The van der Waals surface area contributed by atoms with E-state index in [1.165, 1.54) is 7.05 Å². The van der Waals surface area contributed by atoms with Gasteiger partial charge in [0.25, 0.3) is 0 Å². The van der Waals surface area contributed by atoms with Crippen LogP contribution < -0.4 is 10.6 Å². The third-order valence-electron chi connectivity index (χ3n) is 3.64. The molecule has 0 aliphatic carbocycles. The lowest BCUT2D eigenvalue weighted by atomic mass is 10.3. The number of halogens is 3. The van der Waals surface area contributed by atoms with Crippen LogP contribution in [0.2, 0.25) is 0 Å². The number of alkyl halides is 3. The van der Waals surface area contributed by atoms with Crippen LogP contribution in [0.3, 0.4) is 0 Å². The van der Waals surface area contributed by atoms with Crippen molar-refractivity contribution >= 4 is 17.5 Å². The minimum absolute atomic E-state index is 0.0892. The van der Waals surface area contributed by atoms with Crippen LogP contribution in [0.5, 0.6) is 0 Å². The third-order valence-corrected chi connectivity index (χ3v) is 3.64. The Hall–Kier alpha value is -2.36. The van der Waals surface area contributed by atoms with Gasteiger partial charge in [-0.15, -0.1) is 0 Å². The fraction of sp³-hybridized carbons (Fsp3) is 0.462. The highest BCUT2D eigenvalue weighted by Crippen LogP contribution is 2.34. The molecule has 0 radical (unpaired) electrons. The molecule has 3 rings (SSSR count). The number of fused-ring (bicyclic) bond motifs is 1. The van der Waals surface area contributed by atoms with Crippen molar-refractivity contribution < 1.29 is 13.2 Å². The molecule has 124 valence electrons. The smallest absolute Gasteiger partial charge is 0.372 e. The number of likely N-dealkylation sites (N-methyl/N-ethyl adjacent to an activating group) is 1. The first-order chi connectivity index (χ1) is 10.9. The molecule has 0 atom stereocenters. The van der Waals surface area contributed by atoms with Gasteiger partial charge in [-0.25, -0.2) is 4.98 Å². The molecule has 0 amide bonds. The molecule has 23 heavy (non-hydrogen) atoms. The number of rotatable bonds is 3. The topological polar surface area (TPSA) is 70.9 Å². The van der Waals surface area contributed by atoms with E-state index in [9.17, 15) is 13.2 Å². The van der Waals surface area contributed by atoms with Crippen LogP contribution in [0.25, 0.3) is 0 Å². The number of aromatic nitrogens is 4. The van der Waals surface area contributed by atoms with Gasteiger partial charge in [0.1, 0.15) is 11.4 Å². The predicted molar refractivity (Wildman–Crippen MR) is 78.4 cm³/mol. The summed E-state index contributed by atoms with van der Waals surface area (Å²) in [5, 5.41) is 9.66. The summed E-state index contributed by atoms with van der Waals surface area (Å²) in [7, 11) is 3.38. The highest BCUT2D eigenvalue weighted by atomic mass is 19.4. The summed E-state index contributed by atoms with van der Waals surface area (Å²) in [5.41, 5.74) is 0.744. The largest absolute Gasteiger partial charge is 0.421 e. The zero-order valence-electron chi connectivity index (χ0n) is 12.6. The molecule has 2 aromatic rings. The molecule has 7 nitrogen and oxygen atoms in total. The van der Waals surface area contributed by atoms with Crippen LogP contribution >= 0.6 is 0 Å². The highest BCUT2D eigenvalue weighted by molar-refractivity contribution is 5.58. The van der Waals surface area contributed by atoms with Crippen molar-refractivity contribution in [1.29, 1.82) is 0 Å². The fourth-order valence-corrected chi connectivity index (χ4v) is 2.44. The average molecular weight is 327 g/mol. The Kier molecular flexibility index (Phi) is 3.84. The summed E-state index contributed by atoms with van der Waals surface area (Å²) in [6.07, 6.45) is -2.10. The van der Waals surface area contributed by atoms with Gasteiger partial charge < -0.3 is 10.6 Å². The zero-order chi connectivity index (χ0) is 16.6. The van der Waals surface area contributed by atoms with E-state index in [0.29, 0.717) is 12.2 Å². The van der Waals surface area contributed by atoms with Crippen LogP contribution in [0.4, 0.5) is 30.6 Å². The van der Waals surface area contributed by atoms with E-state index in [1.54, 1.807) is 6.20 Å². The van der Waals surface area contributed by atoms with Crippen molar-refractivity contribution in [2.24, 2.45) is 0 Å². The molecule has 0 unspecified atom stereocenters. The number of nitrogens with one attached hydrogen (secondary N) is 2. The lowest BCUT2D eigenvalue weighted by molar-refractivity contribution is -0.137. The first kappa shape index (κ1) is 15.5. The van der Waals surface area contributed by atoms with Crippen LogP contribution in [0.1, 0.15) is 11.3 Å². The van der Waals surface area contributed by atoms with Gasteiger partial charge in [0.2, 0.25) is 5.95 Å². The van der Waals surface area contributed by atoms with Gasteiger partial charge in [0.15, 0.2) is 0 Å². The van der Waals surface area contributed by atoms with Crippen molar-refractivity contribution in [3.05, 3.63) is 23.7 Å². The Morgan fingerprint density at radius 1 is 1.22 bits per heavy atom. The second-order valence-corrected chi connectivity index (χ2v) is 5.29. The van der Waals surface area contributed by atoms with E-state index < -0.39 is 11.7 Å². The maximum absolute atomic E-state index is 12.9. The van der Waals surface area contributed by atoms with Crippen LogP contribution in [0, 0.1) is 0 Å². The standard InChI is InChI=1S/C13H16F3N7/c1-17-11-8(13(14,15)16)5-18-12(21-11)20-9-6-19-23-4-3-22(2)7-10(9)23/h5-6H,3-4,7H2,1-2H3,(H2,17,18,20,21). The summed E-state index contributed by atoms with van der Waals surface area (Å²) in [6, 6.07) is 0. The molecule has 2 N–H and O–H groups in total. The normalized spacial score (nSPS) is 15.3. The van der Waals surface area contributed by atoms with Crippen molar-refractivity contribution in [2.45, 2.75) is 19.3 Å². The van der Waals surface area contributed by atoms with Crippen molar-refractivity contribution in [1.82, 2.24) is 24.6 Å². The molecule has 1 aliphatic rings. The summed E-state index contributed by atoms with van der Waals surface area (Å²) in [4.78, 5) is 9.79. The molecule has 1 aliphatic heterocycles. The third kappa shape index (κ3) is 3.07. The van der Waals surface area contributed by atoms with Gasteiger partial charge in [-0.05, 0) is 7.05 Å². The second kappa shape index (κ2) is 5.69. The van der Waals surface area contributed by atoms with E-state index in [1.807, 2.05) is 11.7 Å². The SMILES string of the molecule is CNc1nc(Nc2cnn3c2CN(C)CC3)ncc1C(F)(F)F. The molecule has 0 fully saturated rings. The summed E-state index contributed by atoms with van der Waals surface area (Å²) >= 11 is 0. The Labute approximate surface area is 130 Å². The molecule has 0 spiro atoms. The maximum Gasteiger partial charge on any atom is 0.421 e. The van der Waals surface area contributed by atoms with E-state index in [0.717, 1.165) is 25.0 Å². The quantitative estimate of drug-likeness (QED) is 0.897. The van der Waals surface area contributed by atoms with Crippen LogP contribution in [0.15, 0.2) is 12.4 Å². The van der Waals surface area contributed by atoms with E-state index in [4.69, 9.17) is 0 Å². The summed E-state index contributed by atoms with van der Waals surface area (Å²) < 4.78 is 40.4. The Morgan fingerprint density at radius 3 is 2.70 bits per heavy atom. The van der Waals surface area contributed by atoms with Crippen LogP contribution in [-0.2, 0) is 19.3 Å². The summed E-state index contributed by atoms with van der Waals surface area (Å²) in [6.45, 7) is 2.36. The van der Waals surface area contributed by atoms with Gasteiger partial charge in [0, 0.05) is 26.3 Å². The van der Waals surface area contributed by atoms with Gasteiger partial charge in [-0.3, -0.25) is 9.58 Å². The molecule has 10 heteroatoms. The number of anilines is 3. The second-order valence-electron chi connectivity index (χ2n) is 5.29. The van der Waals surface area contributed by atoms with Crippen LogP contribution in [-0.4, -0.2) is 45.3 Å². The first-order valence-electron chi connectivity index (χ1n) is 7.00. The first-order valence-corrected chi connectivity index (χ1v) is 7.00. The Bertz CT molecular complexity index is 710. The van der Waals surface area contributed by atoms with Crippen molar-refractivity contribution in [2.75, 3.05) is 31.3 Å². The van der Waals surface area contributed by atoms with E-state index in [-0.39, 0.29) is 11.8 Å². The number of hydrogen-bond acceptors (Lipinski definition) is 6. The van der Waals surface area contributed by atoms with Crippen molar-refractivity contribution in [3.63, 3.8) is 0 Å². The maximum atomic E-state index is 12.9. The molecule has 0 aromatic carbocycles. The molecule has 0 bridgehead atoms. The highest BCUT2D eigenvalue weighted by Gasteiger charge is 2.35. The van der Waals surface area contributed by atoms with E-state index >= 15 is 0 Å². The molecule has 2 aromatic heterocycles. The van der Waals surface area contributed by atoms with Gasteiger partial charge in [0.05, 0.1) is 24.1 Å². The van der Waals surface area contributed by atoms with E-state index in [2.05, 4.69) is 30.6 Å². The Morgan fingerprint density at radius 2 is 2.00 bits per heavy atom. The van der Waals surface area contributed by atoms with Gasteiger partial charge in [-0.2, -0.15) is 23.3 Å². The van der Waals surface area contributed by atoms with Gasteiger partial charge in [-0.1, -0.05) is 0 Å². The lowest BCUT2D eigenvalue weighted by Gasteiger charge is -2.24. The monoisotopic (exact) mass is 327 g/mol. The molecular weight excluding hydrogens is 311 g/mol. The predicted octanol–water partition coefficient (Wildman–Crippen LogP) is 1.92. The average Bonchev–Trinajstić information content (AvgIpc) is 2.88. The summed E-state index contributed by atoms with van der Waals surface area (Å²) in [5.74, 6) is -0.181. The molecular formula is C13H16F3N7. The molecule has 0 saturated heterocycles.